The van der Waals surface area contributed by atoms with E-state index < -0.39 is 47.9 Å². The highest BCUT2D eigenvalue weighted by molar-refractivity contribution is 5.95. The standard InChI is InChI=1S/C24H28N2O7/c1-15(23(30)32-2)14-18(24(31)33-3)25-22(29)20(27)19(16-10-6-4-7-11-16)26-21(28)17-12-8-5-9-13-17/h4-13,15,18-20,27H,14H2,1-3H3,(H,25,29)(H,26,28)/t15-,18-,19+,20-/m1/s1. The van der Waals surface area contributed by atoms with E-state index in [0.717, 1.165) is 7.11 Å². The van der Waals surface area contributed by atoms with E-state index in [4.69, 9.17) is 4.74 Å². The Labute approximate surface area is 192 Å². The van der Waals surface area contributed by atoms with Crippen molar-refractivity contribution >= 4 is 23.8 Å². The molecule has 0 bridgehead atoms. The molecule has 3 N–H and O–H groups in total. The Morgan fingerprint density at radius 3 is 1.94 bits per heavy atom. The van der Waals surface area contributed by atoms with E-state index >= 15 is 0 Å². The summed E-state index contributed by atoms with van der Waals surface area (Å²) in [5.74, 6) is -3.45. The van der Waals surface area contributed by atoms with Gasteiger partial charge in [-0.25, -0.2) is 4.79 Å². The number of carbonyl (C=O) groups excluding carboxylic acids is 4. The molecule has 0 aromatic heterocycles. The summed E-state index contributed by atoms with van der Waals surface area (Å²) in [6, 6.07) is 14.5. The zero-order valence-electron chi connectivity index (χ0n) is 18.7. The molecule has 0 saturated carbocycles. The van der Waals surface area contributed by atoms with Crippen molar-refractivity contribution in [1.29, 1.82) is 0 Å². The smallest absolute Gasteiger partial charge is 0.328 e. The van der Waals surface area contributed by atoms with Crippen molar-refractivity contribution in [3.05, 3.63) is 71.8 Å². The number of aliphatic hydroxyl groups is 1. The quantitative estimate of drug-likeness (QED) is 0.460. The van der Waals surface area contributed by atoms with E-state index in [1.807, 2.05) is 0 Å². The summed E-state index contributed by atoms with van der Waals surface area (Å²) in [4.78, 5) is 49.5. The van der Waals surface area contributed by atoms with Crippen molar-refractivity contribution in [2.75, 3.05) is 14.2 Å². The van der Waals surface area contributed by atoms with Gasteiger partial charge in [0.2, 0.25) is 0 Å². The minimum absolute atomic E-state index is 0.0931. The van der Waals surface area contributed by atoms with Crippen LogP contribution in [0, 0.1) is 5.92 Å². The lowest BCUT2D eigenvalue weighted by atomic mass is 9.98. The molecule has 0 aliphatic heterocycles. The van der Waals surface area contributed by atoms with Crippen molar-refractivity contribution in [1.82, 2.24) is 10.6 Å². The second kappa shape index (κ2) is 12.4. The highest BCUT2D eigenvalue weighted by Gasteiger charge is 2.34. The molecule has 2 aromatic rings. The molecule has 33 heavy (non-hydrogen) atoms. The van der Waals surface area contributed by atoms with Crippen molar-refractivity contribution in [3.63, 3.8) is 0 Å². The van der Waals surface area contributed by atoms with Gasteiger partial charge in [0.25, 0.3) is 11.8 Å². The number of amides is 2. The third kappa shape index (κ3) is 7.15. The molecule has 2 rings (SSSR count). The minimum atomic E-state index is -1.74. The first-order chi connectivity index (χ1) is 15.8. The lowest BCUT2D eigenvalue weighted by molar-refractivity contribution is -0.149. The van der Waals surface area contributed by atoms with Gasteiger partial charge in [0, 0.05) is 5.56 Å². The van der Waals surface area contributed by atoms with Gasteiger partial charge in [0.1, 0.15) is 6.04 Å². The predicted molar refractivity (Wildman–Crippen MR) is 119 cm³/mol. The van der Waals surface area contributed by atoms with Crippen LogP contribution in [-0.2, 0) is 23.9 Å². The molecule has 0 aliphatic carbocycles. The molecular formula is C24H28N2O7. The third-order valence-electron chi connectivity index (χ3n) is 5.06. The molecule has 0 heterocycles. The zero-order chi connectivity index (χ0) is 24.4. The fraction of sp³-hybridized carbons (Fsp3) is 0.333. The Morgan fingerprint density at radius 1 is 0.848 bits per heavy atom. The number of benzene rings is 2. The van der Waals surface area contributed by atoms with Gasteiger partial charge in [-0.3, -0.25) is 14.4 Å². The van der Waals surface area contributed by atoms with Gasteiger partial charge < -0.3 is 25.2 Å². The maximum atomic E-state index is 12.9. The first kappa shape index (κ1) is 25.5. The highest BCUT2D eigenvalue weighted by atomic mass is 16.5. The van der Waals surface area contributed by atoms with Gasteiger partial charge in [-0.2, -0.15) is 0 Å². The Hall–Kier alpha value is -3.72. The Morgan fingerprint density at radius 2 is 1.39 bits per heavy atom. The molecule has 2 aromatic carbocycles. The number of hydrogen-bond donors (Lipinski definition) is 3. The van der Waals surface area contributed by atoms with Crippen molar-refractivity contribution in [2.45, 2.75) is 31.5 Å². The minimum Gasteiger partial charge on any atom is -0.469 e. The Balaban J connectivity index is 2.23. The van der Waals surface area contributed by atoms with Crippen LogP contribution in [0.25, 0.3) is 0 Å². The molecule has 4 atom stereocenters. The predicted octanol–water partition coefficient (Wildman–Crippen LogP) is 1.38. The van der Waals surface area contributed by atoms with Crippen LogP contribution < -0.4 is 10.6 Å². The van der Waals surface area contributed by atoms with Crippen LogP contribution in [0.2, 0.25) is 0 Å². The molecule has 0 spiro atoms. The number of nitrogens with one attached hydrogen (secondary N) is 2. The average Bonchev–Trinajstić information content (AvgIpc) is 2.86. The molecule has 9 nitrogen and oxygen atoms in total. The molecule has 0 saturated heterocycles. The summed E-state index contributed by atoms with van der Waals surface area (Å²) in [5.41, 5.74) is 0.840. The highest BCUT2D eigenvalue weighted by Crippen LogP contribution is 2.19. The van der Waals surface area contributed by atoms with E-state index in [2.05, 4.69) is 15.4 Å². The number of hydrogen-bond acceptors (Lipinski definition) is 7. The third-order valence-corrected chi connectivity index (χ3v) is 5.06. The summed E-state index contributed by atoms with van der Waals surface area (Å²) in [5, 5.41) is 15.9. The number of esters is 2. The number of carbonyl (C=O) groups is 4. The molecule has 0 radical (unpaired) electrons. The lowest BCUT2D eigenvalue weighted by Gasteiger charge is -2.26. The summed E-state index contributed by atoms with van der Waals surface area (Å²) in [6.45, 7) is 1.54. The maximum Gasteiger partial charge on any atom is 0.328 e. The van der Waals surface area contributed by atoms with Crippen molar-refractivity contribution < 1.29 is 33.8 Å². The van der Waals surface area contributed by atoms with Gasteiger partial charge in [0.05, 0.1) is 26.2 Å². The second-order valence-electron chi connectivity index (χ2n) is 7.42. The maximum absolute atomic E-state index is 12.9. The van der Waals surface area contributed by atoms with Gasteiger partial charge in [-0.05, 0) is 24.1 Å². The van der Waals surface area contributed by atoms with Crippen molar-refractivity contribution in [3.8, 4) is 0 Å². The molecule has 0 unspecified atom stereocenters. The van der Waals surface area contributed by atoms with Crippen LogP contribution in [0.3, 0.4) is 0 Å². The van der Waals surface area contributed by atoms with Crippen LogP contribution >= 0.6 is 0 Å². The summed E-state index contributed by atoms with van der Waals surface area (Å²) in [7, 11) is 2.36. The molecular weight excluding hydrogens is 428 g/mol. The van der Waals surface area contributed by atoms with Gasteiger partial charge in [-0.1, -0.05) is 55.5 Å². The van der Waals surface area contributed by atoms with Crippen LogP contribution in [0.5, 0.6) is 0 Å². The van der Waals surface area contributed by atoms with Crippen LogP contribution in [0.4, 0.5) is 0 Å². The normalized spacial score (nSPS) is 14.2. The Bertz CT molecular complexity index is 950. The fourth-order valence-electron chi connectivity index (χ4n) is 3.23. The lowest BCUT2D eigenvalue weighted by Crippen LogP contribution is -2.51. The summed E-state index contributed by atoms with van der Waals surface area (Å²) < 4.78 is 9.38. The molecule has 0 fully saturated rings. The summed E-state index contributed by atoms with van der Waals surface area (Å²) in [6.07, 6.45) is -1.83. The van der Waals surface area contributed by atoms with E-state index in [9.17, 15) is 24.3 Å². The fourth-order valence-corrected chi connectivity index (χ4v) is 3.23. The molecule has 9 heteroatoms. The van der Waals surface area contributed by atoms with E-state index in [1.54, 1.807) is 60.7 Å². The number of aliphatic hydroxyl groups excluding tert-OH is 1. The van der Waals surface area contributed by atoms with Gasteiger partial charge >= 0.3 is 11.9 Å². The first-order valence-electron chi connectivity index (χ1n) is 10.3. The zero-order valence-corrected chi connectivity index (χ0v) is 18.7. The van der Waals surface area contributed by atoms with Crippen LogP contribution in [-0.4, -0.2) is 55.2 Å². The van der Waals surface area contributed by atoms with Crippen molar-refractivity contribution in [2.24, 2.45) is 5.92 Å². The van der Waals surface area contributed by atoms with Gasteiger partial charge in [0.15, 0.2) is 6.10 Å². The van der Waals surface area contributed by atoms with E-state index in [0.29, 0.717) is 11.1 Å². The Kier molecular flexibility index (Phi) is 9.56. The molecule has 2 amide bonds. The second-order valence-corrected chi connectivity index (χ2v) is 7.42. The topological polar surface area (TPSA) is 131 Å². The van der Waals surface area contributed by atoms with E-state index in [-0.39, 0.29) is 6.42 Å². The monoisotopic (exact) mass is 456 g/mol. The van der Waals surface area contributed by atoms with Crippen LogP contribution in [0.15, 0.2) is 60.7 Å². The largest absolute Gasteiger partial charge is 0.469 e. The number of methoxy groups -OCH3 is 2. The SMILES string of the molecule is COC(=O)[C@H](C)C[C@@H](NC(=O)[C@H](O)[C@@H](NC(=O)c1ccccc1)c1ccccc1)C(=O)OC. The van der Waals surface area contributed by atoms with Crippen LogP contribution in [0.1, 0.15) is 35.3 Å². The summed E-state index contributed by atoms with van der Waals surface area (Å²) >= 11 is 0. The first-order valence-corrected chi connectivity index (χ1v) is 10.3. The number of rotatable bonds is 10. The average molecular weight is 456 g/mol. The van der Waals surface area contributed by atoms with Gasteiger partial charge in [-0.15, -0.1) is 0 Å². The molecule has 176 valence electrons. The number of ether oxygens (including phenoxy) is 2. The van der Waals surface area contributed by atoms with E-state index in [1.165, 1.54) is 14.0 Å². The molecule has 0 aliphatic rings.